The molecule has 0 amide bonds. The second-order valence-electron chi connectivity index (χ2n) is 9.86. The Labute approximate surface area is 167 Å². The topological polar surface area (TPSA) is 42.1 Å². The van der Waals surface area contributed by atoms with Gasteiger partial charge in [-0.3, -0.25) is 4.79 Å². The number of aromatic nitrogens is 1. The molecule has 28 heavy (non-hydrogen) atoms. The van der Waals surface area contributed by atoms with Crippen molar-refractivity contribution in [3.63, 3.8) is 0 Å². The molecule has 4 atom stereocenters. The Morgan fingerprint density at radius 1 is 1.25 bits per heavy atom. The van der Waals surface area contributed by atoms with Crippen LogP contribution >= 0.6 is 0 Å². The highest BCUT2D eigenvalue weighted by Crippen LogP contribution is 2.63. The van der Waals surface area contributed by atoms with Gasteiger partial charge < -0.3 is 9.72 Å². The lowest BCUT2D eigenvalue weighted by molar-refractivity contribution is -0.150. The van der Waals surface area contributed by atoms with Crippen LogP contribution in [0.5, 0.6) is 0 Å². The number of carbonyl (C=O) groups is 1. The highest BCUT2D eigenvalue weighted by atomic mass is 16.5. The Morgan fingerprint density at radius 3 is 2.79 bits per heavy atom. The fourth-order valence-electron chi connectivity index (χ4n) is 6.64. The smallest absolute Gasteiger partial charge is 0.315 e. The Hall–Kier alpha value is -2.03. The van der Waals surface area contributed by atoms with Crippen LogP contribution < -0.4 is 0 Å². The molecule has 0 radical (unpaired) electrons. The summed E-state index contributed by atoms with van der Waals surface area (Å²) in [7, 11) is 1.54. The molecule has 0 aliphatic heterocycles. The quantitative estimate of drug-likeness (QED) is 0.502. The number of hydrogen-bond donors (Lipinski definition) is 1. The van der Waals surface area contributed by atoms with Crippen LogP contribution in [0.25, 0.3) is 10.9 Å². The minimum absolute atomic E-state index is 0.0522. The Morgan fingerprint density at radius 2 is 2.04 bits per heavy atom. The molecule has 2 aromatic rings. The lowest BCUT2D eigenvalue weighted by Gasteiger charge is -2.54. The van der Waals surface area contributed by atoms with Crippen LogP contribution in [0.2, 0.25) is 0 Å². The Balaban J connectivity index is 1.80. The normalized spacial score (nSPS) is 34.2. The third-order valence-electron chi connectivity index (χ3n) is 8.51. The molecule has 1 N–H and O–H groups in total. The van der Waals surface area contributed by atoms with Crippen molar-refractivity contribution in [1.82, 2.24) is 4.98 Å². The van der Waals surface area contributed by atoms with E-state index in [0.717, 1.165) is 32.1 Å². The average Bonchev–Trinajstić information content (AvgIpc) is 3.05. The number of hydrogen-bond acceptors (Lipinski definition) is 2. The summed E-state index contributed by atoms with van der Waals surface area (Å²) in [6, 6.07) is 6.66. The zero-order valence-corrected chi connectivity index (χ0v) is 17.7. The van der Waals surface area contributed by atoms with Crippen molar-refractivity contribution in [2.75, 3.05) is 7.11 Å². The predicted molar refractivity (Wildman–Crippen MR) is 112 cm³/mol. The molecule has 3 aliphatic carbocycles. The van der Waals surface area contributed by atoms with Crippen LogP contribution in [0.15, 0.2) is 29.3 Å². The van der Waals surface area contributed by atoms with Crippen molar-refractivity contribution in [3.05, 3.63) is 46.2 Å². The Bertz CT molecular complexity index is 1030. The van der Waals surface area contributed by atoms with E-state index in [-0.39, 0.29) is 11.4 Å². The van der Waals surface area contributed by atoms with Crippen LogP contribution in [0.4, 0.5) is 0 Å². The summed E-state index contributed by atoms with van der Waals surface area (Å²) in [5.41, 5.74) is 8.16. The molecular formula is C25H31NO2. The number of H-pyrrole nitrogens is 1. The van der Waals surface area contributed by atoms with E-state index in [0.29, 0.717) is 11.8 Å². The van der Waals surface area contributed by atoms with Crippen molar-refractivity contribution in [1.29, 1.82) is 0 Å². The van der Waals surface area contributed by atoms with Crippen molar-refractivity contribution in [3.8, 4) is 0 Å². The van der Waals surface area contributed by atoms with Gasteiger partial charge in [-0.25, -0.2) is 0 Å². The minimum Gasteiger partial charge on any atom is -0.468 e. The second-order valence-corrected chi connectivity index (χ2v) is 9.86. The van der Waals surface area contributed by atoms with Gasteiger partial charge in [0.25, 0.3) is 0 Å². The highest BCUT2D eigenvalue weighted by Gasteiger charge is 2.55. The van der Waals surface area contributed by atoms with E-state index >= 15 is 0 Å². The zero-order chi connectivity index (χ0) is 19.8. The summed E-state index contributed by atoms with van der Waals surface area (Å²) in [4.78, 5) is 16.6. The number of allylic oxidation sites excluding steroid dienone is 1. The van der Waals surface area contributed by atoms with E-state index in [2.05, 4.69) is 50.9 Å². The summed E-state index contributed by atoms with van der Waals surface area (Å²) in [5.74, 6) is 0.983. The first-order valence-corrected chi connectivity index (χ1v) is 10.7. The Kier molecular flexibility index (Phi) is 3.70. The van der Waals surface area contributed by atoms with Gasteiger partial charge in [0.2, 0.25) is 0 Å². The van der Waals surface area contributed by atoms with Crippen LogP contribution in [0.3, 0.4) is 0 Å². The van der Waals surface area contributed by atoms with Crippen molar-refractivity contribution < 1.29 is 9.53 Å². The average molecular weight is 378 g/mol. The molecule has 0 fully saturated rings. The zero-order valence-electron chi connectivity index (χ0n) is 17.7. The van der Waals surface area contributed by atoms with Gasteiger partial charge in [0.05, 0.1) is 12.5 Å². The van der Waals surface area contributed by atoms with E-state index in [1.807, 2.05) is 0 Å². The summed E-state index contributed by atoms with van der Waals surface area (Å²) >= 11 is 0. The number of aryl methyl sites for hydroxylation is 1. The molecule has 0 spiro atoms. The maximum atomic E-state index is 12.8. The monoisotopic (exact) mass is 377 g/mol. The lowest BCUT2D eigenvalue weighted by atomic mass is 9.49. The third-order valence-corrected chi connectivity index (χ3v) is 8.51. The first kappa shape index (κ1) is 18.0. The molecule has 5 rings (SSSR count). The summed E-state index contributed by atoms with van der Waals surface area (Å²) in [6.45, 7) is 9.19. The molecule has 1 aromatic carbocycles. The molecule has 1 heterocycles. The summed E-state index contributed by atoms with van der Waals surface area (Å²) < 4.78 is 5.28. The third kappa shape index (κ3) is 2.08. The molecule has 1 aromatic heterocycles. The maximum Gasteiger partial charge on any atom is 0.315 e. The van der Waals surface area contributed by atoms with Crippen molar-refractivity contribution >= 4 is 16.9 Å². The van der Waals surface area contributed by atoms with E-state index in [1.165, 1.54) is 40.4 Å². The van der Waals surface area contributed by atoms with Crippen molar-refractivity contribution in [2.45, 2.75) is 65.7 Å². The van der Waals surface area contributed by atoms with Gasteiger partial charge in [0.1, 0.15) is 0 Å². The first-order valence-electron chi connectivity index (χ1n) is 10.7. The first-order chi connectivity index (χ1) is 13.3. The highest BCUT2D eigenvalue weighted by molar-refractivity contribution is 5.89. The molecule has 148 valence electrons. The van der Waals surface area contributed by atoms with Gasteiger partial charge >= 0.3 is 5.97 Å². The van der Waals surface area contributed by atoms with E-state index in [4.69, 9.17) is 4.74 Å². The number of nitrogens with one attached hydrogen (secondary N) is 1. The fraction of sp³-hybridized carbons (Fsp3) is 0.560. The fourth-order valence-corrected chi connectivity index (χ4v) is 6.64. The lowest BCUT2D eigenvalue weighted by Crippen LogP contribution is -2.47. The van der Waals surface area contributed by atoms with Gasteiger partial charge in [-0.2, -0.15) is 0 Å². The van der Waals surface area contributed by atoms with Gasteiger partial charge in [-0.1, -0.05) is 43.2 Å². The van der Waals surface area contributed by atoms with Crippen LogP contribution in [0, 0.1) is 23.7 Å². The number of benzene rings is 1. The van der Waals surface area contributed by atoms with Gasteiger partial charge in [-0.15, -0.1) is 0 Å². The van der Waals surface area contributed by atoms with E-state index in [1.54, 1.807) is 5.57 Å². The van der Waals surface area contributed by atoms with E-state index < -0.39 is 5.41 Å². The summed E-state index contributed by atoms with van der Waals surface area (Å²) in [5, 5.41) is 1.40. The predicted octanol–water partition coefficient (Wildman–Crippen LogP) is 5.82. The standard InChI is InChI=1S/C25H31NO2/c1-14-7-6-8-16-18-13-25(4)15(2)9-10-19-20(25)17(22(18)26-21(14)16)11-12-24(19,3)23(27)28-5/h6-8,15,17,26H,9-13H2,1-5H3/t15-,17-,24+,25+/m1/s1. The largest absolute Gasteiger partial charge is 0.468 e. The van der Waals surface area contributed by atoms with Gasteiger partial charge in [0, 0.05) is 22.5 Å². The van der Waals surface area contributed by atoms with Crippen molar-refractivity contribution in [2.24, 2.45) is 16.7 Å². The van der Waals surface area contributed by atoms with E-state index in [9.17, 15) is 4.79 Å². The van der Waals surface area contributed by atoms with Crippen LogP contribution in [0.1, 0.15) is 69.2 Å². The molecule has 0 saturated carbocycles. The SMILES string of the molecule is COC(=O)[C@@]1(C)CC[C@@H]2C3=C1CC[C@@H](C)[C@]3(C)Cc1c2[nH]c2c(C)cccc12. The number of esters is 1. The molecule has 0 bridgehead atoms. The maximum absolute atomic E-state index is 12.8. The number of carbonyl (C=O) groups excluding carboxylic acids is 1. The number of rotatable bonds is 1. The van der Waals surface area contributed by atoms with Crippen LogP contribution in [-0.4, -0.2) is 18.1 Å². The number of para-hydroxylation sites is 1. The molecule has 0 unspecified atom stereocenters. The number of ether oxygens (including phenoxy) is 1. The number of aromatic amines is 1. The molecule has 3 aliphatic rings. The molecule has 3 heteroatoms. The number of methoxy groups -OCH3 is 1. The number of fused-ring (bicyclic) bond motifs is 4. The van der Waals surface area contributed by atoms with Gasteiger partial charge in [-0.05, 0) is 68.4 Å². The molecule has 0 saturated heterocycles. The second kappa shape index (κ2) is 5.75. The molecular weight excluding hydrogens is 346 g/mol. The van der Waals surface area contributed by atoms with Crippen LogP contribution in [-0.2, 0) is 16.0 Å². The molecule has 3 nitrogen and oxygen atoms in total. The summed E-state index contributed by atoms with van der Waals surface area (Å²) in [6.07, 6.45) is 5.15. The van der Waals surface area contributed by atoms with Gasteiger partial charge in [0.15, 0.2) is 0 Å². The minimum atomic E-state index is -0.457.